The average Bonchev–Trinajstić information content (AvgIpc) is 3.09. The van der Waals surface area contributed by atoms with Crippen LogP contribution in [0.5, 0.6) is 0 Å². The third-order valence-electron chi connectivity index (χ3n) is 3.00. The summed E-state index contributed by atoms with van der Waals surface area (Å²) in [5.74, 6) is -0.321. The number of hydrogen-bond acceptors (Lipinski definition) is 4. The van der Waals surface area contributed by atoms with E-state index >= 15 is 0 Å². The lowest BCUT2D eigenvalue weighted by Crippen LogP contribution is -2.18. The Balaban J connectivity index is 2.25. The minimum atomic E-state index is -3.99. The molecule has 0 spiro atoms. The van der Waals surface area contributed by atoms with Crippen LogP contribution in [0.4, 0.5) is 4.39 Å². The van der Waals surface area contributed by atoms with Gasteiger partial charge in [0.2, 0.25) is 0 Å². The van der Waals surface area contributed by atoms with Gasteiger partial charge in [-0.15, -0.1) is 10.2 Å². The van der Waals surface area contributed by atoms with Gasteiger partial charge in [-0.1, -0.05) is 15.9 Å². The van der Waals surface area contributed by atoms with Crippen LogP contribution in [-0.2, 0) is 10.0 Å². The van der Waals surface area contributed by atoms with Crippen molar-refractivity contribution >= 4 is 26.0 Å². The lowest BCUT2D eigenvalue weighted by Gasteiger charge is -2.08. The SMILES string of the molecule is NS(=O)(=O)c1nnc(-c2cc(Br)ccc2F)n1C1CC1. The molecule has 9 heteroatoms. The predicted octanol–water partition coefficient (Wildman–Crippen LogP) is 1.83. The van der Waals surface area contributed by atoms with Gasteiger partial charge < -0.3 is 0 Å². The van der Waals surface area contributed by atoms with Gasteiger partial charge in [0.25, 0.3) is 15.2 Å². The Kier molecular flexibility index (Phi) is 3.14. The van der Waals surface area contributed by atoms with E-state index in [1.807, 2.05) is 0 Å². The molecular weight excluding hydrogens is 351 g/mol. The van der Waals surface area contributed by atoms with Crippen molar-refractivity contribution in [3.05, 3.63) is 28.5 Å². The number of sulfonamides is 1. The van der Waals surface area contributed by atoms with Crippen molar-refractivity contribution in [2.24, 2.45) is 5.14 Å². The Labute approximate surface area is 123 Å². The third kappa shape index (κ3) is 2.36. The fraction of sp³-hybridized carbons (Fsp3) is 0.273. The van der Waals surface area contributed by atoms with Gasteiger partial charge in [-0.3, -0.25) is 4.57 Å². The van der Waals surface area contributed by atoms with Crippen LogP contribution in [0.2, 0.25) is 0 Å². The molecule has 3 rings (SSSR count). The second-order valence-corrected chi connectivity index (χ2v) is 6.95. The molecule has 0 amide bonds. The molecule has 1 aromatic heterocycles. The molecule has 0 aliphatic heterocycles. The number of rotatable bonds is 3. The summed E-state index contributed by atoms with van der Waals surface area (Å²) < 4.78 is 39.1. The van der Waals surface area contributed by atoms with Gasteiger partial charge in [-0.25, -0.2) is 17.9 Å². The van der Waals surface area contributed by atoms with E-state index in [2.05, 4.69) is 26.1 Å². The van der Waals surface area contributed by atoms with Crippen LogP contribution in [0.25, 0.3) is 11.4 Å². The molecule has 20 heavy (non-hydrogen) atoms. The van der Waals surface area contributed by atoms with Crippen molar-refractivity contribution in [3.8, 4) is 11.4 Å². The molecule has 1 aliphatic carbocycles. The fourth-order valence-corrected chi connectivity index (χ4v) is 3.01. The first-order chi connectivity index (χ1) is 9.38. The fourth-order valence-electron chi connectivity index (χ4n) is 1.99. The molecule has 2 N–H and O–H groups in total. The second kappa shape index (κ2) is 4.61. The van der Waals surface area contributed by atoms with Gasteiger partial charge in [0.1, 0.15) is 5.82 Å². The first-order valence-corrected chi connectivity index (χ1v) is 8.15. The highest BCUT2D eigenvalue weighted by Gasteiger charge is 2.34. The maximum atomic E-state index is 13.9. The van der Waals surface area contributed by atoms with Gasteiger partial charge in [0, 0.05) is 10.5 Å². The van der Waals surface area contributed by atoms with Gasteiger partial charge in [-0.2, -0.15) is 0 Å². The predicted molar refractivity (Wildman–Crippen MR) is 72.8 cm³/mol. The molecule has 0 atom stereocenters. The van der Waals surface area contributed by atoms with Crippen molar-refractivity contribution in [2.45, 2.75) is 24.0 Å². The molecular formula is C11H10BrFN4O2S. The summed E-state index contributed by atoms with van der Waals surface area (Å²) in [7, 11) is -3.99. The monoisotopic (exact) mass is 360 g/mol. The maximum Gasteiger partial charge on any atom is 0.273 e. The van der Waals surface area contributed by atoms with E-state index in [0.717, 1.165) is 12.8 Å². The molecule has 0 unspecified atom stereocenters. The molecule has 106 valence electrons. The molecule has 0 bridgehead atoms. The van der Waals surface area contributed by atoms with Crippen molar-refractivity contribution < 1.29 is 12.8 Å². The van der Waals surface area contributed by atoms with Crippen LogP contribution in [0.15, 0.2) is 27.8 Å². The Hall–Kier alpha value is -1.32. The standard InChI is InChI=1S/C11H10BrFN4O2S/c12-6-1-4-9(13)8(5-6)10-15-16-11(20(14,18)19)17(10)7-2-3-7/h1,4-5,7H,2-3H2,(H2,14,18,19). The Morgan fingerprint density at radius 2 is 2.05 bits per heavy atom. The zero-order valence-corrected chi connectivity index (χ0v) is 12.5. The minimum absolute atomic E-state index is 0.0493. The summed E-state index contributed by atoms with van der Waals surface area (Å²) in [6.07, 6.45) is 1.59. The highest BCUT2D eigenvalue weighted by molar-refractivity contribution is 9.10. The second-order valence-electron chi connectivity index (χ2n) is 4.58. The topological polar surface area (TPSA) is 90.9 Å². The highest BCUT2D eigenvalue weighted by Crippen LogP contribution is 2.40. The molecule has 1 aromatic carbocycles. The van der Waals surface area contributed by atoms with Crippen molar-refractivity contribution in [3.63, 3.8) is 0 Å². The molecule has 1 saturated carbocycles. The average molecular weight is 361 g/mol. The largest absolute Gasteiger partial charge is 0.294 e. The summed E-state index contributed by atoms with van der Waals surface area (Å²) in [5, 5.41) is 12.2. The minimum Gasteiger partial charge on any atom is -0.294 e. The Morgan fingerprint density at radius 1 is 1.35 bits per heavy atom. The quantitative estimate of drug-likeness (QED) is 0.903. The Morgan fingerprint density at radius 3 is 2.65 bits per heavy atom. The van der Waals surface area contributed by atoms with Crippen LogP contribution in [-0.4, -0.2) is 23.2 Å². The third-order valence-corrected chi connectivity index (χ3v) is 4.28. The van der Waals surface area contributed by atoms with Crippen LogP contribution in [0.1, 0.15) is 18.9 Å². The normalized spacial score (nSPS) is 15.6. The Bertz CT molecular complexity index is 786. The van der Waals surface area contributed by atoms with E-state index in [-0.39, 0.29) is 22.6 Å². The summed E-state index contributed by atoms with van der Waals surface area (Å²) >= 11 is 3.25. The summed E-state index contributed by atoms with van der Waals surface area (Å²) in [6, 6.07) is 4.32. The van der Waals surface area contributed by atoms with Crippen LogP contribution in [0.3, 0.4) is 0 Å². The van der Waals surface area contributed by atoms with E-state index in [1.165, 1.54) is 16.7 Å². The van der Waals surface area contributed by atoms with E-state index in [0.29, 0.717) is 4.47 Å². The molecule has 6 nitrogen and oxygen atoms in total. The summed E-state index contributed by atoms with van der Waals surface area (Å²) in [5.41, 5.74) is 0.189. The molecule has 2 aromatic rings. The summed E-state index contributed by atoms with van der Waals surface area (Å²) in [4.78, 5) is 0. The van der Waals surface area contributed by atoms with Gasteiger partial charge in [0.15, 0.2) is 5.82 Å². The van der Waals surface area contributed by atoms with Crippen molar-refractivity contribution in [2.75, 3.05) is 0 Å². The van der Waals surface area contributed by atoms with Crippen LogP contribution >= 0.6 is 15.9 Å². The first-order valence-electron chi connectivity index (χ1n) is 5.81. The zero-order valence-electron chi connectivity index (χ0n) is 10.1. The number of benzene rings is 1. The van der Waals surface area contributed by atoms with E-state index < -0.39 is 15.8 Å². The zero-order chi connectivity index (χ0) is 14.5. The molecule has 1 heterocycles. The smallest absolute Gasteiger partial charge is 0.273 e. The number of hydrogen-bond donors (Lipinski definition) is 1. The number of halogens is 2. The lowest BCUT2D eigenvalue weighted by molar-refractivity contribution is 0.566. The maximum absolute atomic E-state index is 13.9. The lowest BCUT2D eigenvalue weighted by atomic mass is 10.2. The molecule has 1 aliphatic rings. The van der Waals surface area contributed by atoms with Gasteiger partial charge in [0.05, 0.1) is 5.56 Å². The summed E-state index contributed by atoms with van der Waals surface area (Å²) in [6.45, 7) is 0. The van der Waals surface area contributed by atoms with Crippen LogP contribution in [0, 0.1) is 5.82 Å². The van der Waals surface area contributed by atoms with Crippen LogP contribution < -0.4 is 5.14 Å². The van der Waals surface area contributed by atoms with E-state index in [9.17, 15) is 12.8 Å². The van der Waals surface area contributed by atoms with Crippen molar-refractivity contribution in [1.82, 2.24) is 14.8 Å². The molecule has 1 fully saturated rings. The first kappa shape index (κ1) is 13.7. The van der Waals surface area contributed by atoms with E-state index in [4.69, 9.17) is 5.14 Å². The molecule has 0 radical (unpaired) electrons. The van der Waals surface area contributed by atoms with E-state index in [1.54, 1.807) is 6.07 Å². The van der Waals surface area contributed by atoms with Gasteiger partial charge in [-0.05, 0) is 31.0 Å². The molecule has 0 saturated heterocycles. The number of primary sulfonamides is 1. The number of nitrogens with zero attached hydrogens (tertiary/aromatic N) is 3. The van der Waals surface area contributed by atoms with Gasteiger partial charge >= 0.3 is 0 Å². The number of aromatic nitrogens is 3. The van der Waals surface area contributed by atoms with Crippen molar-refractivity contribution in [1.29, 1.82) is 0 Å². The number of nitrogens with two attached hydrogens (primary N) is 1. The highest BCUT2D eigenvalue weighted by atomic mass is 79.9.